The summed E-state index contributed by atoms with van der Waals surface area (Å²) >= 11 is 9.84. The van der Waals surface area contributed by atoms with E-state index in [1.54, 1.807) is 0 Å². The van der Waals surface area contributed by atoms with Gasteiger partial charge < -0.3 is 9.47 Å². The molecule has 1 aromatic heterocycles. The fraction of sp³-hybridized carbons (Fsp3) is 0.533. The largest absolute Gasteiger partial charge is 0.325 e. The van der Waals surface area contributed by atoms with E-state index in [1.807, 2.05) is 19.1 Å². The van der Waals surface area contributed by atoms with Crippen LogP contribution in [0.25, 0.3) is 11.0 Å². The second-order valence-electron chi connectivity index (χ2n) is 5.58. The zero-order valence-corrected chi connectivity index (χ0v) is 14.2. The van der Waals surface area contributed by atoms with E-state index in [0.29, 0.717) is 0 Å². The summed E-state index contributed by atoms with van der Waals surface area (Å²) in [7, 11) is 2.20. The van der Waals surface area contributed by atoms with Crippen LogP contribution in [0.3, 0.4) is 0 Å². The molecule has 1 saturated carbocycles. The summed E-state index contributed by atoms with van der Waals surface area (Å²) in [6, 6.07) is 6.98. The Morgan fingerprint density at radius 1 is 1.50 bits per heavy atom. The van der Waals surface area contributed by atoms with E-state index in [9.17, 15) is 0 Å². The summed E-state index contributed by atoms with van der Waals surface area (Å²) in [4.78, 5) is 7.12. The molecule has 0 bridgehead atoms. The average Bonchev–Trinajstić information content (AvgIpc) is 3.18. The predicted octanol–water partition coefficient (Wildman–Crippen LogP) is 4.19. The number of benzene rings is 1. The van der Waals surface area contributed by atoms with Gasteiger partial charge in [-0.2, -0.15) is 0 Å². The number of nitrogens with zero attached hydrogens (tertiary/aromatic N) is 3. The Bertz CT molecular complexity index is 619. The highest BCUT2D eigenvalue weighted by molar-refractivity contribution is 9.10. The van der Waals surface area contributed by atoms with E-state index in [4.69, 9.17) is 11.6 Å². The quantitative estimate of drug-likeness (QED) is 0.749. The smallest absolute Gasteiger partial charge is 0.127 e. The molecule has 1 aliphatic carbocycles. The fourth-order valence-corrected chi connectivity index (χ4v) is 3.12. The Hall–Kier alpha value is -0.580. The number of alkyl halides is 1. The van der Waals surface area contributed by atoms with Gasteiger partial charge in [-0.15, -0.1) is 11.6 Å². The lowest BCUT2D eigenvalue weighted by Crippen LogP contribution is -2.25. The third kappa shape index (κ3) is 2.87. The zero-order valence-electron chi connectivity index (χ0n) is 11.8. The number of fused-ring (bicyclic) bond motifs is 1. The van der Waals surface area contributed by atoms with Crippen molar-refractivity contribution >= 4 is 38.6 Å². The molecule has 1 heterocycles. The minimum Gasteiger partial charge on any atom is -0.325 e. The maximum atomic E-state index is 6.30. The standard InChI is InChI=1S/C15H19BrClN3/c1-10(17)15-18-13-6-3-11(16)9-14(13)20(15)8-7-19(2)12-4-5-12/h3,6,9-10,12H,4-5,7-8H2,1-2H3. The highest BCUT2D eigenvalue weighted by Gasteiger charge is 2.26. The van der Waals surface area contributed by atoms with Crippen molar-refractivity contribution < 1.29 is 0 Å². The van der Waals surface area contributed by atoms with Gasteiger partial charge in [-0.1, -0.05) is 15.9 Å². The summed E-state index contributed by atoms with van der Waals surface area (Å²) in [5, 5.41) is -0.0765. The molecular weight excluding hydrogens is 338 g/mol. The van der Waals surface area contributed by atoms with Gasteiger partial charge in [-0.25, -0.2) is 4.98 Å². The predicted molar refractivity (Wildman–Crippen MR) is 87.4 cm³/mol. The third-order valence-corrected chi connectivity index (χ3v) is 4.63. The average molecular weight is 357 g/mol. The maximum Gasteiger partial charge on any atom is 0.127 e. The number of aromatic nitrogens is 2. The first kappa shape index (κ1) is 14.4. The second kappa shape index (κ2) is 5.66. The van der Waals surface area contributed by atoms with Crippen molar-refractivity contribution in [3.05, 3.63) is 28.5 Å². The molecule has 0 radical (unpaired) electrons. The summed E-state index contributed by atoms with van der Waals surface area (Å²) in [5.41, 5.74) is 2.18. The van der Waals surface area contributed by atoms with Gasteiger partial charge in [0.2, 0.25) is 0 Å². The normalized spacial score (nSPS) is 17.1. The topological polar surface area (TPSA) is 21.1 Å². The van der Waals surface area contributed by atoms with Crippen LogP contribution >= 0.6 is 27.5 Å². The molecule has 1 unspecified atom stereocenters. The van der Waals surface area contributed by atoms with Crippen molar-refractivity contribution in [3.8, 4) is 0 Å². The van der Waals surface area contributed by atoms with Crippen LogP contribution < -0.4 is 0 Å². The molecule has 108 valence electrons. The van der Waals surface area contributed by atoms with Gasteiger partial charge in [0.05, 0.1) is 16.4 Å². The van der Waals surface area contributed by atoms with Crippen LogP contribution in [0.2, 0.25) is 0 Å². The van der Waals surface area contributed by atoms with Crippen molar-refractivity contribution in [2.24, 2.45) is 0 Å². The highest BCUT2D eigenvalue weighted by Crippen LogP contribution is 2.28. The molecule has 1 aromatic carbocycles. The SMILES string of the molecule is CC(Cl)c1nc2ccc(Br)cc2n1CCN(C)C1CC1. The first-order valence-electron chi connectivity index (χ1n) is 7.06. The molecule has 20 heavy (non-hydrogen) atoms. The molecule has 1 aliphatic rings. The lowest BCUT2D eigenvalue weighted by molar-refractivity contribution is 0.309. The zero-order chi connectivity index (χ0) is 14.3. The van der Waals surface area contributed by atoms with E-state index in [1.165, 1.54) is 12.8 Å². The number of hydrogen-bond acceptors (Lipinski definition) is 2. The van der Waals surface area contributed by atoms with E-state index < -0.39 is 0 Å². The Balaban J connectivity index is 1.92. The molecule has 1 atom stereocenters. The van der Waals surface area contributed by atoms with Gasteiger partial charge in [0.15, 0.2) is 0 Å². The van der Waals surface area contributed by atoms with Gasteiger partial charge in [-0.3, -0.25) is 0 Å². The van der Waals surface area contributed by atoms with E-state index in [2.05, 4.69) is 43.5 Å². The molecule has 1 fully saturated rings. The summed E-state index contributed by atoms with van der Waals surface area (Å²) in [6.45, 7) is 3.96. The van der Waals surface area contributed by atoms with Gasteiger partial charge >= 0.3 is 0 Å². The second-order valence-corrected chi connectivity index (χ2v) is 7.15. The van der Waals surface area contributed by atoms with Crippen molar-refractivity contribution in [2.45, 2.75) is 37.7 Å². The van der Waals surface area contributed by atoms with E-state index >= 15 is 0 Å². The van der Waals surface area contributed by atoms with Gasteiger partial charge in [0, 0.05) is 23.6 Å². The molecule has 0 amide bonds. The fourth-order valence-electron chi connectivity index (χ4n) is 2.61. The molecule has 3 nitrogen and oxygen atoms in total. The highest BCUT2D eigenvalue weighted by atomic mass is 79.9. The van der Waals surface area contributed by atoms with Gasteiger partial charge in [-0.05, 0) is 45.0 Å². The maximum absolute atomic E-state index is 6.30. The van der Waals surface area contributed by atoms with Crippen molar-refractivity contribution in [3.63, 3.8) is 0 Å². The number of likely N-dealkylation sites (N-methyl/N-ethyl adjacent to an activating group) is 1. The molecule has 0 saturated heterocycles. The molecule has 0 spiro atoms. The van der Waals surface area contributed by atoms with Crippen LogP contribution in [0.5, 0.6) is 0 Å². The van der Waals surface area contributed by atoms with Crippen LogP contribution in [-0.2, 0) is 6.54 Å². The number of halogens is 2. The van der Waals surface area contributed by atoms with Gasteiger partial charge in [0.1, 0.15) is 5.82 Å². The molecule has 5 heteroatoms. The molecular formula is C15H19BrClN3. The van der Waals surface area contributed by atoms with Crippen molar-refractivity contribution in [2.75, 3.05) is 13.6 Å². The third-order valence-electron chi connectivity index (χ3n) is 3.94. The van der Waals surface area contributed by atoms with Crippen LogP contribution in [0, 0.1) is 0 Å². The van der Waals surface area contributed by atoms with Crippen molar-refractivity contribution in [1.29, 1.82) is 0 Å². The first-order chi connectivity index (χ1) is 9.56. The summed E-state index contributed by atoms with van der Waals surface area (Å²) in [6.07, 6.45) is 2.68. The Morgan fingerprint density at radius 2 is 2.25 bits per heavy atom. The minimum atomic E-state index is -0.0765. The van der Waals surface area contributed by atoms with E-state index in [0.717, 1.165) is 40.5 Å². The summed E-state index contributed by atoms with van der Waals surface area (Å²) < 4.78 is 3.34. The van der Waals surface area contributed by atoms with Crippen LogP contribution in [0.1, 0.15) is 31.0 Å². The molecule has 0 aliphatic heterocycles. The lowest BCUT2D eigenvalue weighted by Gasteiger charge is -2.18. The van der Waals surface area contributed by atoms with Crippen LogP contribution in [0.15, 0.2) is 22.7 Å². The van der Waals surface area contributed by atoms with Crippen molar-refractivity contribution in [1.82, 2.24) is 14.5 Å². The Kier molecular flexibility index (Phi) is 4.07. The lowest BCUT2D eigenvalue weighted by atomic mass is 10.3. The molecule has 2 aromatic rings. The molecule has 3 rings (SSSR count). The molecule has 0 N–H and O–H groups in total. The number of hydrogen-bond donors (Lipinski definition) is 0. The van der Waals surface area contributed by atoms with Crippen LogP contribution in [0.4, 0.5) is 0 Å². The number of rotatable bonds is 5. The summed E-state index contributed by atoms with van der Waals surface area (Å²) in [5.74, 6) is 0.962. The Labute approximate surface area is 133 Å². The Morgan fingerprint density at radius 3 is 2.90 bits per heavy atom. The minimum absolute atomic E-state index is 0.0765. The van der Waals surface area contributed by atoms with Crippen LogP contribution in [-0.4, -0.2) is 34.1 Å². The number of imidazole rings is 1. The monoisotopic (exact) mass is 355 g/mol. The van der Waals surface area contributed by atoms with E-state index in [-0.39, 0.29) is 5.38 Å². The van der Waals surface area contributed by atoms with Gasteiger partial charge in [0.25, 0.3) is 0 Å². The first-order valence-corrected chi connectivity index (χ1v) is 8.29.